The van der Waals surface area contributed by atoms with Crippen LogP contribution in [0.15, 0.2) is 48.5 Å². The van der Waals surface area contributed by atoms with E-state index in [0.29, 0.717) is 22.7 Å². The fraction of sp³-hybridized carbons (Fsp3) is 0.346. The number of carbonyl (C=O) groups is 2. The third-order valence-corrected chi connectivity index (χ3v) is 5.52. The number of aryl methyl sites for hydroxylation is 1. The van der Waals surface area contributed by atoms with E-state index >= 15 is 0 Å². The molecule has 0 unspecified atom stereocenters. The molecule has 1 heterocycles. The van der Waals surface area contributed by atoms with Crippen molar-refractivity contribution in [2.24, 2.45) is 0 Å². The second kappa shape index (κ2) is 8.50. The van der Waals surface area contributed by atoms with Crippen molar-refractivity contribution in [2.45, 2.75) is 59.8 Å². The molecular formula is C26H31N3O2. The molecule has 31 heavy (non-hydrogen) atoms. The molecule has 3 rings (SSSR count). The number of amides is 1. The van der Waals surface area contributed by atoms with Crippen LogP contribution < -0.4 is 5.32 Å². The molecule has 2 aromatic carbocycles. The molecule has 0 radical (unpaired) electrons. The zero-order valence-electron chi connectivity index (χ0n) is 19.4. The van der Waals surface area contributed by atoms with Gasteiger partial charge < -0.3 is 5.32 Å². The van der Waals surface area contributed by atoms with Crippen molar-refractivity contribution in [1.29, 1.82) is 0 Å². The lowest BCUT2D eigenvalue weighted by Gasteiger charge is -2.19. The van der Waals surface area contributed by atoms with Gasteiger partial charge in [-0.15, -0.1) is 0 Å². The molecule has 0 atom stereocenters. The first-order valence-electron chi connectivity index (χ1n) is 10.6. The molecule has 1 N–H and O–H groups in total. The summed E-state index contributed by atoms with van der Waals surface area (Å²) >= 11 is 0. The maximum absolute atomic E-state index is 12.9. The summed E-state index contributed by atoms with van der Waals surface area (Å²) in [5.41, 5.74) is 5.82. The first-order chi connectivity index (χ1) is 14.5. The maximum Gasteiger partial charge on any atom is 0.278 e. The number of nitrogens with one attached hydrogen (secondary N) is 1. The van der Waals surface area contributed by atoms with Gasteiger partial charge in [0.15, 0.2) is 0 Å². The topological polar surface area (TPSA) is 64.0 Å². The summed E-state index contributed by atoms with van der Waals surface area (Å²) in [6.07, 6.45) is 0. The maximum atomic E-state index is 12.9. The molecule has 1 aromatic heterocycles. The average molecular weight is 418 g/mol. The van der Waals surface area contributed by atoms with Crippen molar-refractivity contribution >= 4 is 17.5 Å². The summed E-state index contributed by atoms with van der Waals surface area (Å²) < 4.78 is 1.47. The second-order valence-electron chi connectivity index (χ2n) is 9.31. The van der Waals surface area contributed by atoms with Crippen molar-refractivity contribution in [1.82, 2.24) is 9.78 Å². The first kappa shape index (κ1) is 22.5. The van der Waals surface area contributed by atoms with E-state index in [2.05, 4.69) is 45.0 Å². The Labute approximate surface area is 184 Å². The minimum atomic E-state index is -0.181. The summed E-state index contributed by atoms with van der Waals surface area (Å²) in [5, 5.41) is 7.33. The Morgan fingerprint density at radius 2 is 1.45 bits per heavy atom. The molecule has 0 bridgehead atoms. The van der Waals surface area contributed by atoms with Crippen molar-refractivity contribution < 1.29 is 9.59 Å². The number of hydrogen-bond acceptors (Lipinski definition) is 3. The predicted molar refractivity (Wildman–Crippen MR) is 125 cm³/mol. The molecule has 5 heteroatoms. The lowest BCUT2D eigenvalue weighted by molar-refractivity contribution is 0.0941. The van der Waals surface area contributed by atoms with Gasteiger partial charge in [-0.05, 0) is 72.7 Å². The normalized spacial score (nSPS) is 11.6. The fourth-order valence-electron chi connectivity index (χ4n) is 3.83. The standard InChI is InChI=1S/C26H31N3O2/c1-16(2)23-17(3)28-29(18(23)4)25(31)20-10-14-22(15-11-20)27-24(30)19-8-12-21(13-9-19)26(5,6)7/h8-16H,1-7H3,(H,27,30). The molecule has 1 amide bonds. The molecule has 0 fully saturated rings. The van der Waals surface area contributed by atoms with Crippen molar-refractivity contribution in [3.8, 4) is 0 Å². The van der Waals surface area contributed by atoms with E-state index in [4.69, 9.17) is 0 Å². The lowest BCUT2D eigenvalue weighted by Crippen LogP contribution is -2.16. The van der Waals surface area contributed by atoms with Crippen LogP contribution in [0.25, 0.3) is 0 Å². The van der Waals surface area contributed by atoms with Crippen molar-refractivity contribution in [2.75, 3.05) is 5.32 Å². The van der Waals surface area contributed by atoms with Crippen LogP contribution in [-0.4, -0.2) is 21.6 Å². The van der Waals surface area contributed by atoms with Gasteiger partial charge in [-0.3, -0.25) is 9.59 Å². The van der Waals surface area contributed by atoms with Gasteiger partial charge in [-0.25, -0.2) is 4.68 Å². The van der Waals surface area contributed by atoms with Crippen LogP contribution in [0.2, 0.25) is 0 Å². The van der Waals surface area contributed by atoms with E-state index < -0.39 is 0 Å². The lowest BCUT2D eigenvalue weighted by atomic mass is 9.87. The minimum absolute atomic E-state index is 0.0405. The number of nitrogens with zero attached hydrogens (tertiary/aromatic N) is 2. The number of rotatable bonds is 4. The van der Waals surface area contributed by atoms with Gasteiger partial charge in [-0.2, -0.15) is 5.10 Å². The number of carbonyl (C=O) groups excluding carboxylic acids is 2. The fourth-order valence-corrected chi connectivity index (χ4v) is 3.83. The molecule has 3 aromatic rings. The van der Waals surface area contributed by atoms with Gasteiger partial charge in [-0.1, -0.05) is 46.8 Å². The van der Waals surface area contributed by atoms with Crippen LogP contribution in [0.1, 0.15) is 83.8 Å². The smallest absolute Gasteiger partial charge is 0.278 e. The Hall–Kier alpha value is -3.21. The SMILES string of the molecule is Cc1nn(C(=O)c2ccc(NC(=O)c3ccc(C(C)(C)C)cc3)cc2)c(C)c1C(C)C. The summed E-state index contributed by atoms with van der Waals surface area (Å²) in [5.74, 6) is -0.0561. The minimum Gasteiger partial charge on any atom is -0.322 e. The Morgan fingerprint density at radius 1 is 0.903 bits per heavy atom. The Morgan fingerprint density at radius 3 is 1.94 bits per heavy atom. The van der Waals surface area contributed by atoms with Crippen LogP contribution in [0, 0.1) is 13.8 Å². The van der Waals surface area contributed by atoms with Gasteiger partial charge >= 0.3 is 0 Å². The number of hydrogen-bond donors (Lipinski definition) is 1. The van der Waals surface area contributed by atoms with Crippen LogP contribution >= 0.6 is 0 Å². The molecule has 0 aliphatic rings. The number of anilines is 1. The van der Waals surface area contributed by atoms with E-state index in [9.17, 15) is 9.59 Å². The first-order valence-corrected chi connectivity index (χ1v) is 10.6. The summed E-state index contributed by atoms with van der Waals surface area (Å²) in [4.78, 5) is 25.5. The van der Waals surface area contributed by atoms with Crippen LogP contribution in [0.5, 0.6) is 0 Å². The van der Waals surface area contributed by atoms with Crippen LogP contribution in [0.4, 0.5) is 5.69 Å². The zero-order chi connectivity index (χ0) is 22.9. The van der Waals surface area contributed by atoms with Crippen molar-refractivity contribution in [3.05, 3.63) is 82.2 Å². The summed E-state index contributed by atoms with van der Waals surface area (Å²) in [6.45, 7) is 14.5. The van der Waals surface area contributed by atoms with Crippen LogP contribution in [0.3, 0.4) is 0 Å². The van der Waals surface area contributed by atoms with Gasteiger partial charge in [0.25, 0.3) is 11.8 Å². The summed E-state index contributed by atoms with van der Waals surface area (Å²) in [7, 11) is 0. The highest BCUT2D eigenvalue weighted by atomic mass is 16.2. The van der Waals surface area contributed by atoms with E-state index in [-0.39, 0.29) is 17.2 Å². The van der Waals surface area contributed by atoms with Gasteiger partial charge in [0, 0.05) is 22.5 Å². The molecule has 0 aliphatic carbocycles. The molecule has 162 valence electrons. The van der Waals surface area contributed by atoms with Gasteiger partial charge in [0.05, 0.1) is 5.69 Å². The van der Waals surface area contributed by atoms with E-state index in [1.807, 2.05) is 38.1 Å². The van der Waals surface area contributed by atoms with E-state index in [0.717, 1.165) is 17.0 Å². The highest BCUT2D eigenvalue weighted by Crippen LogP contribution is 2.24. The van der Waals surface area contributed by atoms with Crippen LogP contribution in [-0.2, 0) is 5.41 Å². The molecule has 0 saturated carbocycles. The molecular weight excluding hydrogens is 386 g/mol. The highest BCUT2D eigenvalue weighted by molar-refractivity contribution is 6.04. The van der Waals surface area contributed by atoms with E-state index in [1.54, 1.807) is 24.3 Å². The van der Waals surface area contributed by atoms with Crippen molar-refractivity contribution in [3.63, 3.8) is 0 Å². The van der Waals surface area contributed by atoms with Gasteiger partial charge in [0.2, 0.25) is 0 Å². The average Bonchev–Trinajstić information content (AvgIpc) is 3.01. The Bertz CT molecular complexity index is 1100. The second-order valence-corrected chi connectivity index (χ2v) is 9.31. The zero-order valence-corrected chi connectivity index (χ0v) is 19.4. The monoisotopic (exact) mass is 417 g/mol. The Kier molecular flexibility index (Phi) is 6.16. The highest BCUT2D eigenvalue weighted by Gasteiger charge is 2.20. The predicted octanol–water partition coefficient (Wildman–Crippen LogP) is 5.86. The Balaban J connectivity index is 1.74. The molecule has 5 nitrogen and oxygen atoms in total. The van der Waals surface area contributed by atoms with Gasteiger partial charge in [0.1, 0.15) is 0 Å². The quantitative estimate of drug-likeness (QED) is 0.578. The van der Waals surface area contributed by atoms with E-state index in [1.165, 1.54) is 10.2 Å². The molecule has 0 saturated heterocycles. The largest absolute Gasteiger partial charge is 0.322 e. The molecule has 0 aliphatic heterocycles. The summed E-state index contributed by atoms with van der Waals surface area (Å²) in [6, 6.07) is 14.5. The number of benzene rings is 2. The third-order valence-electron chi connectivity index (χ3n) is 5.52. The number of aromatic nitrogens is 2. The third kappa shape index (κ3) is 4.76. The molecule has 0 spiro atoms.